The van der Waals surface area contributed by atoms with Crippen molar-refractivity contribution in [2.45, 2.75) is 13.8 Å². The minimum absolute atomic E-state index is 0.0394. The van der Waals surface area contributed by atoms with Gasteiger partial charge in [0, 0.05) is 0 Å². The topological polar surface area (TPSA) is 63.6 Å². The second-order valence-corrected chi connectivity index (χ2v) is 2.38. The summed E-state index contributed by atoms with van der Waals surface area (Å²) < 4.78 is 4.27. The number of hydrogen-bond donors (Lipinski definition) is 1. The van der Waals surface area contributed by atoms with Crippen molar-refractivity contribution in [2.75, 3.05) is 0 Å². The molecule has 0 bridgehead atoms. The van der Waals surface area contributed by atoms with Crippen molar-refractivity contribution in [3.05, 3.63) is 29.3 Å². The zero-order valence-corrected chi connectivity index (χ0v) is 7.90. The van der Waals surface area contributed by atoms with E-state index >= 15 is 0 Å². The molecule has 4 nitrogen and oxygen atoms in total. The van der Waals surface area contributed by atoms with Crippen molar-refractivity contribution in [1.29, 1.82) is 0 Å². The zero-order chi connectivity index (χ0) is 10.7. The molecular weight excluding hydrogens is 184 g/mol. The van der Waals surface area contributed by atoms with Gasteiger partial charge in [0.05, 0.1) is 5.56 Å². The van der Waals surface area contributed by atoms with Crippen LogP contribution in [0.1, 0.15) is 34.6 Å². The molecule has 0 amide bonds. The zero-order valence-electron chi connectivity index (χ0n) is 7.90. The Kier molecular flexibility index (Phi) is 2.86. The van der Waals surface area contributed by atoms with E-state index in [4.69, 9.17) is 5.11 Å². The first-order chi connectivity index (χ1) is 6.70. The Balaban J connectivity index is 0.000000461. The van der Waals surface area contributed by atoms with Crippen LogP contribution in [0.15, 0.2) is 18.2 Å². The number of phenolic OH excluding ortho intramolecular Hbond substituents is 1. The highest BCUT2D eigenvalue weighted by Gasteiger charge is 2.31. The summed E-state index contributed by atoms with van der Waals surface area (Å²) in [6.07, 6.45) is 0. The molecule has 1 aromatic rings. The first-order valence-electron chi connectivity index (χ1n) is 4.28. The highest BCUT2D eigenvalue weighted by atomic mass is 16.6. The number of benzene rings is 1. The van der Waals surface area contributed by atoms with Crippen molar-refractivity contribution in [3.8, 4) is 5.75 Å². The molecule has 4 heteroatoms. The van der Waals surface area contributed by atoms with Crippen LogP contribution < -0.4 is 0 Å². The van der Waals surface area contributed by atoms with Gasteiger partial charge in [0.2, 0.25) is 0 Å². The van der Waals surface area contributed by atoms with Gasteiger partial charge in [-0.05, 0) is 12.1 Å². The molecule has 0 saturated heterocycles. The monoisotopic (exact) mass is 194 g/mol. The van der Waals surface area contributed by atoms with Crippen LogP contribution in [0.5, 0.6) is 5.75 Å². The molecule has 2 rings (SSSR count). The van der Waals surface area contributed by atoms with Gasteiger partial charge in [0.15, 0.2) is 0 Å². The van der Waals surface area contributed by atoms with E-state index in [1.54, 1.807) is 0 Å². The Bertz CT molecular complexity index is 382. The van der Waals surface area contributed by atoms with Gasteiger partial charge in [-0.3, -0.25) is 0 Å². The van der Waals surface area contributed by atoms with Crippen LogP contribution in [0.3, 0.4) is 0 Å². The standard InChI is InChI=1S/C8H4O4.C2H6/c9-5-3-1-2-4-6(5)8(11)12-7(4)10;1-2/h1-3,9H;1-2H3. The summed E-state index contributed by atoms with van der Waals surface area (Å²) in [4.78, 5) is 21.8. The Morgan fingerprint density at radius 3 is 2.36 bits per heavy atom. The summed E-state index contributed by atoms with van der Waals surface area (Å²) in [5.41, 5.74) is 0.0856. The first-order valence-corrected chi connectivity index (χ1v) is 4.28. The van der Waals surface area contributed by atoms with E-state index in [0.29, 0.717) is 0 Å². The second kappa shape index (κ2) is 3.91. The van der Waals surface area contributed by atoms with Crippen LogP contribution in [0.4, 0.5) is 0 Å². The predicted molar refractivity (Wildman–Crippen MR) is 49.2 cm³/mol. The Labute approximate surface area is 81.1 Å². The SMILES string of the molecule is CC.O=C1OC(=O)c2c(O)cccc21. The summed E-state index contributed by atoms with van der Waals surface area (Å²) in [6, 6.07) is 4.25. The molecule has 0 radical (unpaired) electrons. The minimum Gasteiger partial charge on any atom is -0.507 e. The van der Waals surface area contributed by atoms with Crippen molar-refractivity contribution >= 4 is 11.9 Å². The average Bonchev–Trinajstić information content (AvgIpc) is 2.47. The van der Waals surface area contributed by atoms with Gasteiger partial charge in [0.1, 0.15) is 11.3 Å². The molecule has 0 saturated carbocycles. The Hall–Kier alpha value is -1.84. The number of esters is 2. The molecule has 1 heterocycles. The first kappa shape index (κ1) is 10.2. The third kappa shape index (κ3) is 1.46. The fourth-order valence-corrected chi connectivity index (χ4v) is 1.11. The van der Waals surface area contributed by atoms with E-state index < -0.39 is 11.9 Å². The van der Waals surface area contributed by atoms with E-state index in [1.165, 1.54) is 18.2 Å². The maximum absolute atomic E-state index is 10.9. The quantitative estimate of drug-likeness (QED) is 0.504. The molecule has 0 spiro atoms. The van der Waals surface area contributed by atoms with E-state index in [-0.39, 0.29) is 16.9 Å². The molecular formula is C10H10O4. The molecule has 0 atom stereocenters. The van der Waals surface area contributed by atoms with Crippen LogP contribution in [0, 0.1) is 0 Å². The average molecular weight is 194 g/mol. The fraction of sp³-hybridized carbons (Fsp3) is 0.200. The largest absolute Gasteiger partial charge is 0.507 e. The van der Waals surface area contributed by atoms with E-state index in [1.807, 2.05) is 13.8 Å². The second-order valence-electron chi connectivity index (χ2n) is 2.38. The molecule has 0 aromatic heterocycles. The third-order valence-corrected chi connectivity index (χ3v) is 1.65. The Morgan fingerprint density at radius 2 is 1.79 bits per heavy atom. The molecule has 0 unspecified atom stereocenters. The van der Waals surface area contributed by atoms with E-state index in [9.17, 15) is 9.59 Å². The van der Waals surface area contributed by atoms with Gasteiger partial charge in [-0.1, -0.05) is 19.9 Å². The van der Waals surface area contributed by atoms with Crippen molar-refractivity contribution in [3.63, 3.8) is 0 Å². The lowest BCUT2D eigenvalue weighted by Crippen LogP contribution is -1.97. The highest BCUT2D eigenvalue weighted by Crippen LogP contribution is 2.27. The van der Waals surface area contributed by atoms with Gasteiger partial charge in [-0.25, -0.2) is 9.59 Å². The number of cyclic esters (lactones) is 2. The number of hydrogen-bond acceptors (Lipinski definition) is 4. The smallest absolute Gasteiger partial charge is 0.350 e. The van der Waals surface area contributed by atoms with Crippen LogP contribution >= 0.6 is 0 Å². The Morgan fingerprint density at radius 1 is 1.14 bits per heavy atom. The number of phenols is 1. The molecule has 1 N–H and O–H groups in total. The summed E-state index contributed by atoms with van der Waals surface area (Å²) in [5.74, 6) is -1.71. The maximum atomic E-state index is 10.9. The fourth-order valence-electron chi connectivity index (χ4n) is 1.11. The number of rotatable bonds is 0. The molecule has 1 aliphatic rings. The number of aromatic hydroxyl groups is 1. The van der Waals surface area contributed by atoms with E-state index in [0.717, 1.165) is 0 Å². The van der Waals surface area contributed by atoms with Crippen LogP contribution in [0.2, 0.25) is 0 Å². The van der Waals surface area contributed by atoms with Gasteiger partial charge >= 0.3 is 11.9 Å². The van der Waals surface area contributed by atoms with Gasteiger partial charge in [-0.15, -0.1) is 0 Å². The van der Waals surface area contributed by atoms with Gasteiger partial charge < -0.3 is 9.84 Å². The lowest BCUT2D eigenvalue weighted by atomic mass is 10.1. The summed E-state index contributed by atoms with van der Waals surface area (Å²) in [6.45, 7) is 4.00. The summed E-state index contributed by atoms with van der Waals surface area (Å²) in [7, 11) is 0. The van der Waals surface area contributed by atoms with Crippen molar-refractivity contribution in [2.24, 2.45) is 0 Å². The number of fused-ring (bicyclic) bond motifs is 1. The molecule has 0 aliphatic carbocycles. The minimum atomic E-state index is -0.784. The molecule has 74 valence electrons. The number of ether oxygens (including phenoxy) is 1. The van der Waals surface area contributed by atoms with Crippen LogP contribution in [-0.4, -0.2) is 17.0 Å². The van der Waals surface area contributed by atoms with Crippen molar-refractivity contribution in [1.82, 2.24) is 0 Å². The van der Waals surface area contributed by atoms with E-state index in [2.05, 4.69) is 4.74 Å². The van der Waals surface area contributed by atoms with Crippen molar-refractivity contribution < 1.29 is 19.4 Å². The summed E-state index contributed by atoms with van der Waals surface area (Å²) in [5, 5.41) is 9.17. The summed E-state index contributed by atoms with van der Waals surface area (Å²) >= 11 is 0. The molecule has 0 fully saturated rings. The lowest BCUT2D eigenvalue weighted by molar-refractivity contribution is 0.0443. The normalized spacial score (nSPS) is 12.7. The molecule has 1 aromatic carbocycles. The third-order valence-electron chi connectivity index (χ3n) is 1.65. The van der Waals surface area contributed by atoms with Crippen LogP contribution in [0.25, 0.3) is 0 Å². The van der Waals surface area contributed by atoms with Gasteiger partial charge in [0.25, 0.3) is 0 Å². The molecule has 1 aliphatic heterocycles. The number of carbonyl (C=O) groups is 2. The maximum Gasteiger partial charge on any atom is 0.350 e. The van der Waals surface area contributed by atoms with Crippen LogP contribution in [-0.2, 0) is 4.74 Å². The number of carbonyl (C=O) groups excluding carboxylic acids is 2. The highest BCUT2D eigenvalue weighted by molar-refractivity contribution is 6.16. The van der Waals surface area contributed by atoms with Gasteiger partial charge in [-0.2, -0.15) is 0 Å². The predicted octanol–water partition coefficient (Wildman–Crippen LogP) is 1.73. The lowest BCUT2D eigenvalue weighted by Gasteiger charge is -1.93. The molecule has 14 heavy (non-hydrogen) atoms.